The molecule has 2 amide bonds. The summed E-state index contributed by atoms with van der Waals surface area (Å²) in [4.78, 5) is 32.4. The third-order valence-corrected chi connectivity index (χ3v) is 7.18. The van der Waals surface area contributed by atoms with Gasteiger partial charge in [-0.15, -0.1) is 0 Å². The van der Waals surface area contributed by atoms with E-state index in [1.807, 2.05) is 42.6 Å². The molecule has 4 aliphatic rings. The first-order valence-electron chi connectivity index (χ1n) is 13.4. The maximum Gasteiger partial charge on any atom is 0.258 e. The van der Waals surface area contributed by atoms with Crippen molar-refractivity contribution in [3.05, 3.63) is 83.7 Å². The van der Waals surface area contributed by atoms with Crippen molar-refractivity contribution in [2.45, 2.75) is 38.1 Å². The minimum Gasteiger partial charge on any atom is -0.493 e. The van der Waals surface area contributed by atoms with Gasteiger partial charge in [0.15, 0.2) is 6.61 Å². The van der Waals surface area contributed by atoms with Gasteiger partial charge >= 0.3 is 0 Å². The van der Waals surface area contributed by atoms with Crippen LogP contribution in [0, 0.1) is 5.92 Å². The number of aromatic nitrogens is 1. The van der Waals surface area contributed by atoms with E-state index in [0.717, 1.165) is 24.0 Å². The second-order valence-electron chi connectivity index (χ2n) is 10.4. The molecule has 39 heavy (non-hydrogen) atoms. The molecule has 202 valence electrons. The summed E-state index contributed by atoms with van der Waals surface area (Å²) < 4.78 is 18.1. The van der Waals surface area contributed by atoms with Gasteiger partial charge in [-0.1, -0.05) is 18.2 Å². The Balaban J connectivity index is 1.26. The molecule has 0 unspecified atom stereocenters. The number of nitrogens with one attached hydrogen (secondary N) is 2. The van der Waals surface area contributed by atoms with Gasteiger partial charge in [-0.05, 0) is 60.2 Å². The number of pyridine rings is 1. The Morgan fingerprint density at radius 2 is 1.90 bits per heavy atom. The number of hydrogen-bond acceptors (Lipinski definition) is 7. The van der Waals surface area contributed by atoms with Gasteiger partial charge in [0.05, 0.1) is 12.6 Å². The molecule has 1 saturated heterocycles. The summed E-state index contributed by atoms with van der Waals surface area (Å²) >= 11 is 0. The molecule has 4 bridgehead atoms. The SMILES string of the molecule is O=C1COc2cc(OCC3CC3)cc(c2)C(=O)N[C@H]2CN(Cc3cccnc3)C[C@@H]2Oc2ccc(cc2)CN1. The minimum atomic E-state index is -0.253. The topological polar surface area (TPSA) is 102 Å². The largest absolute Gasteiger partial charge is 0.493 e. The van der Waals surface area contributed by atoms with Crippen LogP contribution in [0.3, 0.4) is 0 Å². The van der Waals surface area contributed by atoms with Crippen molar-refractivity contribution in [3.8, 4) is 17.2 Å². The highest BCUT2D eigenvalue weighted by Crippen LogP contribution is 2.31. The van der Waals surface area contributed by atoms with E-state index in [-0.39, 0.29) is 30.6 Å². The van der Waals surface area contributed by atoms with Crippen LogP contribution < -0.4 is 24.8 Å². The number of hydrogen-bond donors (Lipinski definition) is 2. The molecule has 7 rings (SSSR count). The van der Waals surface area contributed by atoms with Gasteiger partial charge in [-0.25, -0.2) is 0 Å². The Labute approximate surface area is 227 Å². The van der Waals surface area contributed by atoms with Crippen LogP contribution >= 0.6 is 0 Å². The average molecular weight is 529 g/mol. The number of ether oxygens (including phenoxy) is 3. The second kappa shape index (κ2) is 11.3. The van der Waals surface area contributed by atoms with E-state index in [1.54, 1.807) is 24.4 Å². The Morgan fingerprint density at radius 1 is 1.03 bits per heavy atom. The number of rotatable bonds is 5. The summed E-state index contributed by atoms with van der Waals surface area (Å²) in [6.07, 6.45) is 5.68. The molecule has 9 nitrogen and oxygen atoms in total. The number of fused-ring (bicyclic) bond motifs is 7. The van der Waals surface area contributed by atoms with Gasteiger partial charge in [0, 0.05) is 50.2 Å². The molecule has 0 radical (unpaired) electrons. The molecule has 1 aliphatic carbocycles. The molecule has 4 heterocycles. The number of benzene rings is 2. The predicted molar refractivity (Wildman–Crippen MR) is 144 cm³/mol. The summed E-state index contributed by atoms with van der Waals surface area (Å²) in [5.74, 6) is 1.73. The van der Waals surface area contributed by atoms with Gasteiger partial charge < -0.3 is 24.8 Å². The first-order valence-corrected chi connectivity index (χ1v) is 13.4. The van der Waals surface area contributed by atoms with Crippen LogP contribution in [0.1, 0.15) is 34.3 Å². The van der Waals surface area contributed by atoms with E-state index in [4.69, 9.17) is 14.2 Å². The highest BCUT2D eigenvalue weighted by Gasteiger charge is 2.36. The monoisotopic (exact) mass is 528 g/mol. The van der Waals surface area contributed by atoms with Crippen LogP contribution in [0.15, 0.2) is 67.0 Å². The standard InChI is InChI=1S/C30H32N4O5/c35-29-19-38-26-11-23(10-25(12-26)37-18-21-3-4-21)30(36)33-27-16-34(15-22-2-1-9-31-13-22)17-28(27)39-24-7-5-20(6-8-24)14-32-29/h1-2,5-13,21,27-28H,3-4,14-19H2,(H,32,35)(H,33,36)/t27-,28-/m0/s1. The van der Waals surface area contributed by atoms with Crippen LogP contribution in [0.2, 0.25) is 0 Å². The summed E-state index contributed by atoms with van der Waals surface area (Å²) in [7, 11) is 0. The Morgan fingerprint density at radius 3 is 2.69 bits per heavy atom. The minimum absolute atomic E-state index is 0.164. The quantitative estimate of drug-likeness (QED) is 0.525. The van der Waals surface area contributed by atoms with Gasteiger partial charge in [0.1, 0.15) is 23.4 Å². The normalized spacial score (nSPS) is 21.6. The number of carbonyl (C=O) groups excluding carboxylic acids is 2. The van der Waals surface area contributed by atoms with E-state index in [0.29, 0.717) is 61.5 Å². The zero-order valence-electron chi connectivity index (χ0n) is 21.7. The molecule has 2 N–H and O–H groups in total. The third-order valence-electron chi connectivity index (χ3n) is 7.18. The van der Waals surface area contributed by atoms with Crippen LogP contribution in [0.5, 0.6) is 17.2 Å². The zero-order valence-corrected chi connectivity index (χ0v) is 21.7. The average Bonchev–Trinajstić information content (AvgIpc) is 3.72. The van der Waals surface area contributed by atoms with Crippen molar-refractivity contribution < 1.29 is 23.8 Å². The molecule has 0 spiro atoms. The fourth-order valence-corrected chi connectivity index (χ4v) is 4.87. The Bertz CT molecular complexity index is 1310. The molecule has 3 aromatic rings. The van der Waals surface area contributed by atoms with Crippen LogP contribution in [-0.4, -0.2) is 60.1 Å². The highest BCUT2D eigenvalue weighted by molar-refractivity contribution is 5.95. The number of carbonyl (C=O) groups is 2. The molecule has 2 fully saturated rings. The van der Waals surface area contributed by atoms with Gasteiger partial charge in [0.25, 0.3) is 11.8 Å². The Hall–Kier alpha value is -4.11. The van der Waals surface area contributed by atoms with Gasteiger partial charge in [0.2, 0.25) is 0 Å². The smallest absolute Gasteiger partial charge is 0.258 e. The highest BCUT2D eigenvalue weighted by atomic mass is 16.5. The maximum atomic E-state index is 13.5. The zero-order chi connectivity index (χ0) is 26.6. The van der Waals surface area contributed by atoms with Gasteiger partial charge in [-0.2, -0.15) is 0 Å². The molecular weight excluding hydrogens is 496 g/mol. The van der Waals surface area contributed by atoms with Crippen LogP contribution in [0.25, 0.3) is 0 Å². The lowest BCUT2D eigenvalue weighted by Crippen LogP contribution is -2.45. The lowest BCUT2D eigenvalue weighted by molar-refractivity contribution is -0.123. The molecule has 2 aromatic carbocycles. The van der Waals surface area contributed by atoms with Crippen molar-refractivity contribution in [2.24, 2.45) is 5.92 Å². The van der Waals surface area contributed by atoms with E-state index in [9.17, 15) is 9.59 Å². The van der Waals surface area contributed by atoms with E-state index >= 15 is 0 Å². The fourth-order valence-electron chi connectivity index (χ4n) is 4.87. The number of nitrogens with zero attached hydrogens (tertiary/aromatic N) is 2. The second-order valence-corrected chi connectivity index (χ2v) is 10.4. The molecule has 2 atom stereocenters. The van der Waals surface area contributed by atoms with Crippen molar-refractivity contribution in [1.29, 1.82) is 0 Å². The van der Waals surface area contributed by atoms with Crippen molar-refractivity contribution in [3.63, 3.8) is 0 Å². The maximum absolute atomic E-state index is 13.5. The molecular formula is C30H32N4O5. The third kappa shape index (κ3) is 6.67. The van der Waals surface area contributed by atoms with Crippen molar-refractivity contribution in [1.82, 2.24) is 20.5 Å². The van der Waals surface area contributed by atoms with Gasteiger partial charge in [-0.3, -0.25) is 19.5 Å². The first kappa shape index (κ1) is 25.2. The first-order chi connectivity index (χ1) is 19.1. The van der Waals surface area contributed by atoms with Crippen molar-refractivity contribution >= 4 is 11.8 Å². The lowest BCUT2D eigenvalue weighted by atomic mass is 10.1. The lowest BCUT2D eigenvalue weighted by Gasteiger charge is -2.22. The molecule has 9 heteroatoms. The van der Waals surface area contributed by atoms with E-state index in [1.165, 1.54) is 0 Å². The van der Waals surface area contributed by atoms with E-state index < -0.39 is 0 Å². The van der Waals surface area contributed by atoms with E-state index in [2.05, 4.69) is 20.5 Å². The van der Waals surface area contributed by atoms with Crippen molar-refractivity contribution in [2.75, 3.05) is 26.3 Å². The predicted octanol–water partition coefficient (Wildman–Crippen LogP) is 2.94. The van der Waals surface area contributed by atoms with Crippen LogP contribution in [0.4, 0.5) is 0 Å². The molecule has 1 saturated carbocycles. The number of amides is 2. The van der Waals surface area contributed by atoms with Crippen LogP contribution in [-0.2, 0) is 17.9 Å². The molecule has 3 aliphatic heterocycles. The summed E-state index contributed by atoms with van der Waals surface area (Å²) in [6.45, 7) is 2.80. The summed E-state index contributed by atoms with van der Waals surface area (Å²) in [5, 5.41) is 6.06. The Kier molecular flexibility index (Phi) is 7.31. The fraction of sp³-hybridized carbons (Fsp3) is 0.367. The summed E-state index contributed by atoms with van der Waals surface area (Å²) in [5.41, 5.74) is 2.47. The number of likely N-dealkylation sites (tertiary alicyclic amines) is 1. The summed E-state index contributed by atoms with van der Waals surface area (Å²) in [6, 6.07) is 16.5. The molecule has 1 aromatic heterocycles.